The Morgan fingerprint density at radius 1 is 0.246 bits per heavy atom. The molecule has 1 spiro atoms. The van der Waals surface area contributed by atoms with Gasteiger partial charge in [0.2, 0.25) is 0 Å². The normalized spacial score (nSPS) is 13.4. The molecule has 0 radical (unpaired) electrons. The fraction of sp³-hybridized carbons (Fsp3) is 0.0175. The lowest BCUT2D eigenvalue weighted by molar-refractivity contribution is 0.809. The van der Waals surface area contributed by atoms with Crippen LogP contribution in [0.15, 0.2) is 206 Å². The molecule has 2 aliphatic carbocycles. The lowest BCUT2D eigenvalue weighted by Gasteiger charge is -2.32. The first kappa shape index (κ1) is 31.0. The van der Waals surface area contributed by atoms with Crippen molar-refractivity contribution in [2.75, 3.05) is 0 Å². The van der Waals surface area contributed by atoms with Gasteiger partial charge in [0.05, 0.1) is 5.41 Å². The summed E-state index contributed by atoms with van der Waals surface area (Å²) in [7, 11) is 0. The van der Waals surface area contributed by atoms with Crippen LogP contribution in [-0.4, -0.2) is 0 Å². The van der Waals surface area contributed by atoms with Gasteiger partial charge in [0.1, 0.15) is 0 Å². The molecule has 262 valence electrons. The summed E-state index contributed by atoms with van der Waals surface area (Å²) < 4.78 is 0. The van der Waals surface area contributed by atoms with Crippen LogP contribution in [0.25, 0.3) is 98.4 Å². The highest BCUT2D eigenvalue weighted by Gasteiger charge is 2.53. The number of fused-ring (bicyclic) bond motifs is 20. The lowest BCUT2D eigenvalue weighted by Crippen LogP contribution is -2.26. The lowest BCUT2D eigenvalue weighted by atomic mass is 9.68. The van der Waals surface area contributed by atoms with E-state index in [9.17, 15) is 0 Å². The molecule has 0 aliphatic heterocycles. The molecule has 0 unspecified atom stereocenters. The number of hydrogen-bond acceptors (Lipinski definition) is 0. The van der Waals surface area contributed by atoms with Crippen molar-refractivity contribution >= 4 is 53.9 Å². The molecular formula is C57H34. The van der Waals surface area contributed by atoms with E-state index in [1.165, 1.54) is 121 Å². The van der Waals surface area contributed by atoms with Crippen molar-refractivity contribution in [1.29, 1.82) is 0 Å². The second kappa shape index (κ2) is 11.4. The smallest absolute Gasteiger partial charge is 0.0619 e. The third-order valence-electron chi connectivity index (χ3n) is 13.2. The van der Waals surface area contributed by atoms with Crippen molar-refractivity contribution in [2.24, 2.45) is 0 Å². The fourth-order valence-corrected chi connectivity index (χ4v) is 11.1. The molecule has 11 aromatic rings. The van der Waals surface area contributed by atoms with E-state index >= 15 is 0 Å². The summed E-state index contributed by atoms with van der Waals surface area (Å²) in [6.45, 7) is 0. The Morgan fingerprint density at radius 3 is 1.53 bits per heavy atom. The molecule has 0 amide bonds. The van der Waals surface area contributed by atoms with Crippen molar-refractivity contribution in [3.8, 4) is 44.5 Å². The number of rotatable bonds is 2. The topological polar surface area (TPSA) is 0 Å². The average Bonchev–Trinajstić information content (AvgIpc) is 3.77. The summed E-state index contributed by atoms with van der Waals surface area (Å²) in [5.41, 5.74) is 15.4. The molecule has 0 N–H and O–H groups in total. The first-order valence-electron chi connectivity index (χ1n) is 20.0. The van der Waals surface area contributed by atoms with Crippen molar-refractivity contribution < 1.29 is 0 Å². The SMILES string of the molecule is c1ccc(-c2cc3ccccc3c3ccccc23)c(-c2ccc3c4c(c5ccccc5c3c2)-c2ccc3ccccc3c2C42c3ccccc3-c3ccccc32)c1. The summed E-state index contributed by atoms with van der Waals surface area (Å²) in [4.78, 5) is 0. The maximum Gasteiger partial charge on any atom is 0.0737 e. The highest BCUT2D eigenvalue weighted by atomic mass is 14.5. The molecule has 57 heavy (non-hydrogen) atoms. The van der Waals surface area contributed by atoms with Gasteiger partial charge >= 0.3 is 0 Å². The number of hydrogen-bond donors (Lipinski definition) is 0. The summed E-state index contributed by atoms with van der Waals surface area (Å²) >= 11 is 0. The molecule has 0 heterocycles. The second-order valence-corrected chi connectivity index (χ2v) is 15.8. The minimum Gasteiger partial charge on any atom is -0.0619 e. The first-order valence-corrected chi connectivity index (χ1v) is 20.0. The molecular weight excluding hydrogens is 685 g/mol. The van der Waals surface area contributed by atoms with Gasteiger partial charge in [-0.25, -0.2) is 0 Å². The Balaban J connectivity index is 1.16. The van der Waals surface area contributed by atoms with Crippen LogP contribution in [0.2, 0.25) is 0 Å². The van der Waals surface area contributed by atoms with E-state index in [-0.39, 0.29) is 0 Å². The molecule has 13 rings (SSSR count). The maximum atomic E-state index is 2.49. The van der Waals surface area contributed by atoms with E-state index in [1.807, 2.05) is 0 Å². The first-order chi connectivity index (χ1) is 28.3. The Kier molecular flexibility index (Phi) is 6.19. The van der Waals surface area contributed by atoms with E-state index in [0.29, 0.717) is 0 Å². The Hall–Kier alpha value is -7.28. The molecule has 0 atom stereocenters. The van der Waals surface area contributed by atoms with Crippen molar-refractivity contribution in [3.63, 3.8) is 0 Å². The van der Waals surface area contributed by atoms with Gasteiger partial charge in [0, 0.05) is 0 Å². The van der Waals surface area contributed by atoms with Gasteiger partial charge < -0.3 is 0 Å². The van der Waals surface area contributed by atoms with Crippen LogP contribution in [0.5, 0.6) is 0 Å². The zero-order valence-electron chi connectivity index (χ0n) is 31.1. The molecule has 11 aromatic carbocycles. The second-order valence-electron chi connectivity index (χ2n) is 15.8. The van der Waals surface area contributed by atoms with Gasteiger partial charge in [-0.1, -0.05) is 194 Å². The molecule has 2 aliphatic rings. The minimum atomic E-state index is -0.482. The maximum absolute atomic E-state index is 2.49. The van der Waals surface area contributed by atoms with E-state index in [0.717, 1.165) is 0 Å². The van der Waals surface area contributed by atoms with Crippen LogP contribution in [0.3, 0.4) is 0 Å². The predicted octanol–water partition coefficient (Wildman–Crippen LogP) is 15.1. The molecule has 0 heteroatoms. The zero-order chi connectivity index (χ0) is 37.2. The largest absolute Gasteiger partial charge is 0.0737 e. The van der Waals surface area contributed by atoms with E-state index in [4.69, 9.17) is 0 Å². The molecule has 0 saturated carbocycles. The van der Waals surface area contributed by atoms with Gasteiger partial charge in [-0.15, -0.1) is 0 Å². The third kappa shape index (κ3) is 3.97. The van der Waals surface area contributed by atoms with Crippen molar-refractivity contribution in [2.45, 2.75) is 5.41 Å². The summed E-state index contributed by atoms with van der Waals surface area (Å²) in [5.74, 6) is 0. The van der Waals surface area contributed by atoms with Crippen LogP contribution < -0.4 is 0 Å². The Labute approximate surface area is 330 Å². The standard InChI is InChI=1S/C57H34/c1-4-19-40-35(15-1)29-32-49-54-47-26-10-9-23-44(47)51-34-37(39-18-5-6-21-42(39)50-33-36-16-2-3-17-38(36)41-20-7-8-22-43(41)50)30-31-48(51)56(54)57(55(40)49)52-27-13-11-24-45(52)46-25-12-14-28-53(46)57/h1-34H. The van der Waals surface area contributed by atoms with Crippen molar-refractivity contribution in [1.82, 2.24) is 0 Å². The van der Waals surface area contributed by atoms with Crippen LogP contribution in [0, 0.1) is 0 Å². The Morgan fingerprint density at radius 2 is 0.789 bits per heavy atom. The third-order valence-corrected chi connectivity index (χ3v) is 13.2. The van der Waals surface area contributed by atoms with Gasteiger partial charge in [-0.3, -0.25) is 0 Å². The number of benzene rings is 11. The Bertz CT molecular complexity index is 3480. The van der Waals surface area contributed by atoms with E-state index in [1.54, 1.807) is 0 Å². The monoisotopic (exact) mass is 718 g/mol. The van der Waals surface area contributed by atoms with E-state index < -0.39 is 5.41 Å². The molecule has 0 fully saturated rings. The summed E-state index contributed by atoms with van der Waals surface area (Å²) in [6, 6.07) is 77.6. The molecule has 0 nitrogen and oxygen atoms in total. The predicted molar refractivity (Wildman–Crippen MR) is 241 cm³/mol. The van der Waals surface area contributed by atoms with Crippen LogP contribution in [0.4, 0.5) is 0 Å². The van der Waals surface area contributed by atoms with E-state index in [2.05, 4.69) is 206 Å². The van der Waals surface area contributed by atoms with Crippen LogP contribution >= 0.6 is 0 Å². The minimum absolute atomic E-state index is 0.482. The quantitative estimate of drug-likeness (QED) is 0.156. The summed E-state index contributed by atoms with van der Waals surface area (Å²) in [6.07, 6.45) is 0. The van der Waals surface area contributed by atoms with Gasteiger partial charge in [0.25, 0.3) is 0 Å². The van der Waals surface area contributed by atoms with Gasteiger partial charge in [0.15, 0.2) is 0 Å². The highest BCUT2D eigenvalue weighted by Crippen LogP contribution is 2.66. The summed E-state index contributed by atoms with van der Waals surface area (Å²) in [5, 5.41) is 12.9. The van der Waals surface area contributed by atoms with Crippen molar-refractivity contribution in [3.05, 3.63) is 229 Å². The highest BCUT2D eigenvalue weighted by molar-refractivity contribution is 6.22. The molecule has 0 aromatic heterocycles. The van der Waals surface area contributed by atoms with Gasteiger partial charge in [-0.2, -0.15) is 0 Å². The molecule has 0 saturated heterocycles. The average molecular weight is 719 g/mol. The van der Waals surface area contributed by atoms with Gasteiger partial charge in [-0.05, 0) is 133 Å². The zero-order valence-corrected chi connectivity index (χ0v) is 31.1. The fourth-order valence-electron chi connectivity index (χ4n) is 11.1. The van der Waals surface area contributed by atoms with Crippen LogP contribution in [-0.2, 0) is 5.41 Å². The molecule has 0 bridgehead atoms. The van der Waals surface area contributed by atoms with Crippen LogP contribution in [0.1, 0.15) is 22.3 Å².